The van der Waals surface area contributed by atoms with Gasteiger partial charge in [-0.3, -0.25) is 0 Å². The molecular weight excluding hydrogens is 280 g/mol. The quantitative estimate of drug-likeness (QED) is 0.779. The first-order chi connectivity index (χ1) is 9.44. The lowest BCUT2D eigenvalue weighted by Crippen LogP contribution is -2.36. The monoisotopic (exact) mass is 296 g/mol. The first kappa shape index (κ1) is 14.7. The molecule has 1 atom stereocenters. The van der Waals surface area contributed by atoms with Crippen LogP contribution in [0.2, 0.25) is 5.02 Å². The Morgan fingerprint density at radius 2 is 2.10 bits per heavy atom. The third-order valence-corrected chi connectivity index (χ3v) is 3.38. The van der Waals surface area contributed by atoms with Gasteiger partial charge in [0.05, 0.1) is 5.56 Å². The van der Waals surface area contributed by atoms with E-state index in [9.17, 15) is 9.59 Å². The fourth-order valence-electron chi connectivity index (χ4n) is 2.09. The zero-order chi connectivity index (χ0) is 14.7. The molecule has 0 bridgehead atoms. The van der Waals surface area contributed by atoms with Gasteiger partial charge in [0, 0.05) is 16.8 Å². The number of carbonyl (C=O) groups excluding carboxylic acids is 1. The van der Waals surface area contributed by atoms with Crippen molar-refractivity contribution < 1.29 is 14.7 Å². The van der Waals surface area contributed by atoms with Gasteiger partial charge in [-0.1, -0.05) is 24.4 Å². The number of urea groups is 1. The number of carbonyl (C=O) groups is 2. The third-order valence-electron chi connectivity index (χ3n) is 3.16. The van der Waals surface area contributed by atoms with E-state index in [1.807, 2.05) is 6.92 Å². The molecule has 1 aromatic rings. The molecule has 3 N–H and O–H groups in total. The Morgan fingerprint density at radius 3 is 2.70 bits per heavy atom. The number of carboxylic acid groups (broad SMARTS) is 1. The summed E-state index contributed by atoms with van der Waals surface area (Å²) >= 11 is 5.83. The van der Waals surface area contributed by atoms with E-state index >= 15 is 0 Å². The number of rotatable bonds is 5. The number of amides is 2. The van der Waals surface area contributed by atoms with Gasteiger partial charge in [-0.25, -0.2) is 9.59 Å². The van der Waals surface area contributed by atoms with Crippen molar-refractivity contribution in [2.75, 3.05) is 5.32 Å². The number of nitrogens with one attached hydrogen (secondary N) is 2. The van der Waals surface area contributed by atoms with E-state index in [1.165, 1.54) is 31.0 Å². The number of halogens is 1. The summed E-state index contributed by atoms with van der Waals surface area (Å²) in [7, 11) is 0. The maximum absolute atomic E-state index is 11.8. The lowest BCUT2D eigenvalue weighted by atomic mass is 10.1. The van der Waals surface area contributed by atoms with Gasteiger partial charge < -0.3 is 15.7 Å². The summed E-state index contributed by atoms with van der Waals surface area (Å²) in [6, 6.07) is 3.97. The normalized spacial score (nSPS) is 15.5. The number of benzene rings is 1. The summed E-state index contributed by atoms with van der Waals surface area (Å²) in [5, 5.41) is 14.6. The smallest absolute Gasteiger partial charge is 0.335 e. The summed E-state index contributed by atoms with van der Waals surface area (Å²) in [6.45, 7) is 1.96. The van der Waals surface area contributed by atoms with Crippen LogP contribution in [-0.4, -0.2) is 23.1 Å². The maximum Gasteiger partial charge on any atom is 0.335 e. The first-order valence-electron chi connectivity index (χ1n) is 6.55. The molecule has 2 rings (SSSR count). The van der Waals surface area contributed by atoms with Crippen molar-refractivity contribution in [3.63, 3.8) is 0 Å². The van der Waals surface area contributed by atoms with Gasteiger partial charge in [0.2, 0.25) is 0 Å². The molecule has 1 aliphatic carbocycles. The Hall–Kier alpha value is -1.75. The molecule has 5 nitrogen and oxygen atoms in total. The van der Waals surface area contributed by atoms with Crippen molar-refractivity contribution in [3.05, 3.63) is 28.8 Å². The second kappa shape index (κ2) is 6.13. The van der Waals surface area contributed by atoms with Crippen LogP contribution < -0.4 is 10.6 Å². The standard InChI is InChI=1S/C14H17ClN2O3/c1-8(4-9-2-3-9)16-14(20)17-12-6-10(13(18)19)5-11(15)7-12/h5-9H,2-4H2,1H3,(H,18,19)(H2,16,17,20). The van der Waals surface area contributed by atoms with Crippen LogP contribution in [0, 0.1) is 5.92 Å². The molecule has 1 saturated carbocycles. The zero-order valence-corrected chi connectivity index (χ0v) is 11.9. The molecule has 1 aliphatic rings. The summed E-state index contributed by atoms with van der Waals surface area (Å²) in [4.78, 5) is 22.7. The van der Waals surface area contributed by atoms with E-state index in [-0.39, 0.29) is 22.7 Å². The topological polar surface area (TPSA) is 78.4 Å². The Balaban J connectivity index is 1.94. The minimum absolute atomic E-state index is 0.0406. The van der Waals surface area contributed by atoms with Crippen molar-refractivity contribution in [3.8, 4) is 0 Å². The van der Waals surface area contributed by atoms with Gasteiger partial charge in [-0.15, -0.1) is 0 Å². The lowest BCUT2D eigenvalue weighted by Gasteiger charge is -2.14. The highest BCUT2D eigenvalue weighted by Gasteiger charge is 2.24. The molecule has 1 fully saturated rings. The Kier molecular flexibility index (Phi) is 4.49. The highest BCUT2D eigenvalue weighted by molar-refractivity contribution is 6.31. The largest absolute Gasteiger partial charge is 0.478 e. The number of carboxylic acids is 1. The Morgan fingerprint density at radius 1 is 1.40 bits per heavy atom. The van der Waals surface area contributed by atoms with Crippen LogP contribution in [0.1, 0.15) is 36.5 Å². The molecule has 0 heterocycles. The number of aromatic carboxylic acids is 1. The Bertz CT molecular complexity index is 529. The molecule has 20 heavy (non-hydrogen) atoms. The third kappa shape index (κ3) is 4.42. The van der Waals surface area contributed by atoms with Crippen LogP contribution in [0.15, 0.2) is 18.2 Å². The minimum Gasteiger partial charge on any atom is -0.478 e. The van der Waals surface area contributed by atoms with Crippen molar-refractivity contribution in [2.45, 2.75) is 32.2 Å². The zero-order valence-electron chi connectivity index (χ0n) is 11.1. The molecule has 0 spiro atoms. The van der Waals surface area contributed by atoms with E-state index in [4.69, 9.17) is 16.7 Å². The van der Waals surface area contributed by atoms with E-state index in [0.29, 0.717) is 5.69 Å². The average molecular weight is 297 g/mol. The molecule has 0 aliphatic heterocycles. The Labute approximate surface area is 122 Å². The summed E-state index contributed by atoms with van der Waals surface area (Å²) in [5.74, 6) is -0.354. The molecule has 6 heteroatoms. The highest BCUT2D eigenvalue weighted by Crippen LogP contribution is 2.33. The summed E-state index contributed by atoms with van der Waals surface area (Å²) in [6.07, 6.45) is 3.46. The molecule has 108 valence electrons. The van der Waals surface area contributed by atoms with Crippen molar-refractivity contribution in [1.29, 1.82) is 0 Å². The summed E-state index contributed by atoms with van der Waals surface area (Å²) in [5.41, 5.74) is 0.407. The van der Waals surface area contributed by atoms with Gasteiger partial charge >= 0.3 is 12.0 Å². The maximum atomic E-state index is 11.8. The van der Waals surface area contributed by atoms with Crippen LogP contribution in [0.5, 0.6) is 0 Å². The van der Waals surface area contributed by atoms with E-state index in [0.717, 1.165) is 12.3 Å². The fourth-order valence-corrected chi connectivity index (χ4v) is 2.32. The van der Waals surface area contributed by atoms with Gasteiger partial charge in [0.25, 0.3) is 0 Å². The molecule has 0 saturated heterocycles. The van der Waals surface area contributed by atoms with Crippen LogP contribution in [0.25, 0.3) is 0 Å². The molecule has 2 amide bonds. The first-order valence-corrected chi connectivity index (χ1v) is 6.93. The second-order valence-corrected chi connectivity index (χ2v) is 5.65. The number of anilines is 1. The predicted octanol–water partition coefficient (Wildman–Crippen LogP) is 3.35. The van der Waals surface area contributed by atoms with Crippen LogP contribution >= 0.6 is 11.6 Å². The number of hydrogen-bond acceptors (Lipinski definition) is 2. The molecule has 0 radical (unpaired) electrons. The second-order valence-electron chi connectivity index (χ2n) is 5.21. The highest BCUT2D eigenvalue weighted by atomic mass is 35.5. The van der Waals surface area contributed by atoms with Crippen LogP contribution in [0.4, 0.5) is 10.5 Å². The molecule has 0 aromatic heterocycles. The van der Waals surface area contributed by atoms with E-state index < -0.39 is 5.97 Å². The minimum atomic E-state index is -1.09. The van der Waals surface area contributed by atoms with E-state index in [2.05, 4.69) is 10.6 Å². The van der Waals surface area contributed by atoms with Gasteiger partial charge in [-0.2, -0.15) is 0 Å². The summed E-state index contributed by atoms with van der Waals surface area (Å²) < 4.78 is 0. The van der Waals surface area contributed by atoms with Crippen molar-refractivity contribution in [1.82, 2.24) is 5.32 Å². The van der Waals surface area contributed by atoms with Gasteiger partial charge in [0.1, 0.15) is 0 Å². The predicted molar refractivity (Wildman–Crippen MR) is 77.4 cm³/mol. The molecular formula is C14H17ClN2O3. The van der Waals surface area contributed by atoms with Crippen molar-refractivity contribution >= 4 is 29.3 Å². The fraction of sp³-hybridized carbons (Fsp3) is 0.429. The lowest BCUT2D eigenvalue weighted by molar-refractivity contribution is 0.0697. The van der Waals surface area contributed by atoms with Crippen LogP contribution in [-0.2, 0) is 0 Å². The van der Waals surface area contributed by atoms with Crippen molar-refractivity contribution in [2.24, 2.45) is 5.92 Å². The number of hydrogen-bond donors (Lipinski definition) is 3. The SMILES string of the molecule is CC(CC1CC1)NC(=O)Nc1cc(Cl)cc(C(=O)O)c1. The molecule has 1 aromatic carbocycles. The van der Waals surface area contributed by atoms with Gasteiger partial charge in [-0.05, 0) is 37.5 Å². The average Bonchev–Trinajstić information content (AvgIpc) is 3.11. The van der Waals surface area contributed by atoms with Crippen LogP contribution in [0.3, 0.4) is 0 Å². The molecule has 1 unspecified atom stereocenters. The van der Waals surface area contributed by atoms with Gasteiger partial charge in [0.15, 0.2) is 0 Å². The van der Waals surface area contributed by atoms with E-state index in [1.54, 1.807) is 0 Å².